The monoisotopic (exact) mass is 363 g/mol. The zero-order valence-electron chi connectivity index (χ0n) is 15.3. The molecule has 0 spiro atoms. The highest BCUT2D eigenvalue weighted by Gasteiger charge is 2.31. The normalized spacial score (nSPS) is 20.4. The van der Waals surface area contributed by atoms with Crippen molar-refractivity contribution in [3.63, 3.8) is 0 Å². The molecule has 0 radical (unpaired) electrons. The largest absolute Gasteiger partial charge is 0.469 e. The summed E-state index contributed by atoms with van der Waals surface area (Å²) in [5.74, 6) is -0.720. The lowest BCUT2D eigenvalue weighted by Gasteiger charge is -2.31. The lowest BCUT2D eigenvalue weighted by atomic mass is 9.88. The first kappa shape index (κ1) is 18.4. The highest BCUT2D eigenvalue weighted by Crippen LogP contribution is 2.26. The van der Waals surface area contributed by atoms with Crippen LogP contribution in [0.2, 0.25) is 0 Å². The molecule has 1 fully saturated rings. The van der Waals surface area contributed by atoms with Gasteiger partial charge >= 0.3 is 11.9 Å². The third-order valence-corrected chi connectivity index (χ3v) is 5.44. The number of methoxy groups -OCH3 is 2. The second-order valence-corrected chi connectivity index (χ2v) is 6.92. The number of aromatic nitrogens is 2. The third kappa shape index (κ3) is 3.73. The quantitative estimate of drug-likeness (QED) is 0.727. The molecule has 0 N–H and O–H groups in total. The molecule has 26 heavy (non-hydrogen) atoms. The van der Waals surface area contributed by atoms with Crippen LogP contribution in [0.1, 0.15) is 30.5 Å². The van der Waals surface area contributed by atoms with E-state index < -0.39 is 0 Å². The SMILES string of the molecule is COC(=O)C1CCN(C(=O)Cn2ncc3c2C[C@H](C(=O)OC)CC3)CC1. The Morgan fingerprint density at radius 1 is 1.08 bits per heavy atom. The molecule has 0 saturated carbocycles. The van der Waals surface area contributed by atoms with Crippen molar-refractivity contribution >= 4 is 17.8 Å². The van der Waals surface area contributed by atoms with E-state index in [0.717, 1.165) is 24.1 Å². The molecule has 142 valence electrons. The van der Waals surface area contributed by atoms with Gasteiger partial charge in [0.25, 0.3) is 0 Å². The number of carbonyl (C=O) groups excluding carboxylic acids is 3. The van der Waals surface area contributed by atoms with E-state index in [4.69, 9.17) is 9.47 Å². The van der Waals surface area contributed by atoms with Crippen LogP contribution in [0.25, 0.3) is 0 Å². The van der Waals surface area contributed by atoms with Crippen molar-refractivity contribution in [3.05, 3.63) is 17.5 Å². The Morgan fingerprint density at radius 3 is 2.38 bits per heavy atom. The number of fused-ring (bicyclic) bond motifs is 1. The number of piperidine rings is 1. The van der Waals surface area contributed by atoms with Gasteiger partial charge in [0.2, 0.25) is 5.91 Å². The molecule has 0 unspecified atom stereocenters. The zero-order chi connectivity index (χ0) is 18.7. The molecule has 0 bridgehead atoms. The number of aryl methyl sites for hydroxylation is 1. The molecule has 1 amide bonds. The lowest BCUT2D eigenvalue weighted by molar-refractivity contribution is -0.149. The number of rotatable bonds is 4. The van der Waals surface area contributed by atoms with Crippen LogP contribution in [0.3, 0.4) is 0 Å². The van der Waals surface area contributed by atoms with Crippen LogP contribution in [0.5, 0.6) is 0 Å². The van der Waals surface area contributed by atoms with Crippen LogP contribution in [-0.4, -0.2) is 59.8 Å². The molecule has 2 heterocycles. The van der Waals surface area contributed by atoms with E-state index in [-0.39, 0.29) is 36.2 Å². The minimum Gasteiger partial charge on any atom is -0.469 e. The number of amides is 1. The molecule has 1 aliphatic heterocycles. The average molecular weight is 363 g/mol. The van der Waals surface area contributed by atoms with Gasteiger partial charge < -0.3 is 14.4 Å². The summed E-state index contributed by atoms with van der Waals surface area (Å²) in [6.07, 6.45) is 5.12. The molecule has 0 aromatic carbocycles. The van der Waals surface area contributed by atoms with E-state index in [9.17, 15) is 14.4 Å². The first-order valence-electron chi connectivity index (χ1n) is 9.00. The third-order valence-electron chi connectivity index (χ3n) is 5.44. The summed E-state index contributed by atoms with van der Waals surface area (Å²) in [4.78, 5) is 37.8. The Hall–Kier alpha value is -2.38. The fraction of sp³-hybridized carbons (Fsp3) is 0.667. The van der Waals surface area contributed by atoms with Crippen LogP contribution in [0.4, 0.5) is 0 Å². The first-order chi connectivity index (χ1) is 12.5. The van der Waals surface area contributed by atoms with Crippen molar-refractivity contribution in [1.29, 1.82) is 0 Å². The van der Waals surface area contributed by atoms with Crippen LogP contribution in [-0.2, 0) is 43.2 Å². The summed E-state index contributed by atoms with van der Waals surface area (Å²) in [5.41, 5.74) is 2.05. The Kier molecular flexibility index (Phi) is 5.58. The van der Waals surface area contributed by atoms with Gasteiger partial charge in [0.15, 0.2) is 0 Å². The first-order valence-corrected chi connectivity index (χ1v) is 9.00. The highest BCUT2D eigenvalue weighted by atomic mass is 16.5. The summed E-state index contributed by atoms with van der Waals surface area (Å²) in [5, 5.41) is 4.35. The van der Waals surface area contributed by atoms with Crippen LogP contribution < -0.4 is 0 Å². The number of ether oxygens (including phenoxy) is 2. The topological polar surface area (TPSA) is 90.7 Å². The number of carbonyl (C=O) groups is 3. The number of hydrogen-bond donors (Lipinski definition) is 0. The van der Waals surface area contributed by atoms with Crippen LogP contribution in [0.15, 0.2) is 6.20 Å². The van der Waals surface area contributed by atoms with Crippen molar-refractivity contribution in [2.24, 2.45) is 11.8 Å². The Labute approximate surface area is 152 Å². The predicted molar refractivity (Wildman–Crippen MR) is 91.1 cm³/mol. The van der Waals surface area contributed by atoms with Crippen LogP contribution >= 0.6 is 0 Å². The number of likely N-dealkylation sites (tertiary alicyclic amines) is 1. The fourth-order valence-corrected chi connectivity index (χ4v) is 3.82. The molecule has 1 saturated heterocycles. The van der Waals surface area contributed by atoms with E-state index in [2.05, 4.69) is 5.10 Å². The molecule has 1 atom stereocenters. The van der Waals surface area contributed by atoms with Gasteiger partial charge in [0.1, 0.15) is 6.54 Å². The van der Waals surface area contributed by atoms with E-state index in [1.807, 2.05) is 0 Å². The van der Waals surface area contributed by atoms with Gasteiger partial charge in [-0.1, -0.05) is 0 Å². The average Bonchev–Trinajstić information content (AvgIpc) is 3.08. The van der Waals surface area contributed by atoms with Gasteiger partial charge in [0, 0.05) is 25.2 Å². The van der Waals surface area contributed by atoms with Gasteiger partial charge in [0.05, 0.1) is 32.3 Å². The van der Waals surface area contributed by atoms with Gasteiger partial charge in [-0.3, -0.25) is 19.1 Å². The summed E-state index contributed by atoms with van der Waals surface area (Å²) in [7, 11) is 2.79. The highest BCUT2D eigenvalue weighted by molar-refractivity contribution is 5.77. The molecule has 8 nitrogen and oxygen atoms in total. The van der Waals surface area contributed by atoms with E-state index in [1.54, 1.807) is 15.8 Å². The Bertz CT molecular complexity index is 691. The lowest BCUT2D eigenvalue weighted by Crippen LogP contribution is -2.42. The van der Waals surface area contributed by atoms with Crippen LogP contribution in [0, 0.1) is 11.8 Å². The molecule has 2 aliphatic rings. The molecule has 1 aromatic heterocycles. The number of esters is 2. The summed E-state index contributed by atoms with van der Waals surface area (Å²) < 4.78 is 11.3. The van der Waals surface area contributed by atoms with E-state index in [1.165, 1.54) is 14.2 Å². The number of nitrogens with zero attached hydrogens (tertiary/aromatic N) is 3. The smallest absolute Gasteiger partial charge is 0.309 e. The standard InChI is InChI=1S/C18H25N3O5/c1-25-17(23)12-5-7-20(8-6-12)16(22)11-21-15-9-13(18(24)26-2)3-4-14(15)10-19-21/h10,12-13H,3-9,11H2,1-2H3/t13-/m1/s1. The maximum Gasteiger partial charge on any atom is 0.309 e. The number of hydrogen-bond acceptors (Lipinski definition) is 6. The Morgan fingerprint density at radius 2 is 1.73 bits per heavy atom. The minimum absolute atomic E-state index is 0.0144. The van der Waals surface area contributed by atoms with Crippen molar-refractivity contribution in [2.45, 2.75) is 38.6 Å². The van der Waals surface area contributed by atoms with Crippen molar-refractivity contribution in [3.8, 4) is 0 Å². The minimum atomic E-state index is -0.209. The fourth-order valence-electron chi connectivity index (χ4n) is 3.82. The summed E-state index contributed by atoms with van der Waals surface area (Å²) >= 11 is 0. The second-order valence-electron chi connectivity index (χ2n) is 6.92. The zero-order valence-corrected chi connectivity index (χ0v) is 15.3. The maximum atomic E-state index is 12.6. The van der Waals surface area contributed by atoms with E-state index in [0.29, 0.717) is 32.4 Å². The van der Waals surface area contributed by atoms with Crippen molar-refractivity contribution in [2.75, 3.05) is 27.3 Å². The van der Waals surface area contributed by atoms with E-state index >= 15 is 0 Å². The molecule has 3 rings (SSSR count). The summed E-state index contributed by atoms with van der Waals surface area (Å²) in [6.45, 7) is 1.26. The molecular weight excluding hydrogens is 338 g/mol. The van der Waals surface area contributed by atoms with Crippen molar-refractivity contribution in [1.82, 2.24) is 14.7 Å². The predicted octanol–water partition coefficient (Wildman–Crippen LogP) is 0.573. The van der Waals surface area contributed by atoms with Gasteiger partial charge in [-0.05, 0) is 31.2 Å². The summed E-state index contributed by atoms with van der Waals surface area (Å²) in [6, 6.07) is 0. The second kappa shape index (κ2) is 7.88. The molecule has 8 heteroatoms. The molecule has 1 aliphatic carbocycles. The Balaban J connectivity index is 1.60. The van der Waals surface area contributed by atoms with Gasteiger partial charge in [-0.25, -0.2) is 0 Å². The van der Waals surface area contributed by atoms with Crippen molar-refractivity contribution < 1.29 is 23.9 Å². The maximum absolute atomic E-state index is 12.6. The van der Waals surface area contributed by atoms with Gasteiger partial charge in [-0.15, -0.1) is 0 Å². The molecular formula is C18H25N3O5. The van der Waals surface area contributed by atoms with Gasteiger partial charge in [-0.2, -0.15) is 5.10 Å². The molecule has 1 aromatic rings.